The highest BCUT2D eigenvalue weighted by atomic mass is 35.5. The summed E-state index contributed by atoms with van der Waals surface area (Å²) >= 11 is 6.00. The molecule has 0 amide bonds. The van der Waals surface area contributed by atoms with Gasteiger partial charge in [0.2, 0.25) is 0 Å². The predicted molar refractivity (Wildman–Crippen MR) is 86.5 cm³/mol. The van der Waals surface area contributed by atoms with Crippen molar-refractivity contribution < 1.29 is 0 Å². The van der Waals surface area contributed by atoms with Crippen molar-refractivity contribution in [3.05, 3.63) is 29.5 Å². The Morgan fingerprint density at radius 3 is 2.75 bits per heavy atom. The minimum absolute atomic E-state index is 0.469. The summed E-state index contributed by atoms with van der Waals surface area (Å²) in [6.45, 7) is 10.2. The van der Waals surface area contributed by atoms with Gasteiger partial charge >= 0.3 is 0 Å². The molecule has 3 nitrogen and oxygen atoms in total. The number of nitrogens with zero attached hydrogens (tertiary/aromatic N) is 3. The SMILES string of the molecule is CCN(CC)CCCC(C)n1cnc2cc(Cl)ccc21. The molecule has 0 spiro atoms. The van der Waals surface area contributed by atoms with Gasteiger partial charge in [0.15, 0.2) is 0 Å². The molecular weight excluding hydrogens is 270 g/mol. The van der Waals surface area contributed by atoms with E-state index in [1.807, 2.05) is 18.5 Å². The van der Waals surface area contributed by atoms with E-state index < -0.39 is 0 Å². The van der Waals surface area contributed by atoms with Crippen LogP contribution < -0.4 is 0 Å². The first kappa shape index (κ1) is 15.3. The zero-order valence-corrected chi connectivity index (χ0v) is 13.4. The number of fused-ring (bicyclic) bond motifs is 1. The van der Waals surface area contributed by atoms with Crippen LogP contribution in [0.5, 0.6) is 0 Å². The molecule has 1 aromatic heterocycles. The van der Waals surface area contributed by atoms with Crippen LogP contribution in [0.3, 0.4) is 0 Å². The summed E-state index contributed by atoms with van der Waals surface area (Å²) in [5.41, 5.74) is 2.15. The number of halogens is 1. The van der Waals surface area contributed by atoms with E-state index in [0.29, 0.717) is 6.04 Å². The highest BCUT2D eigenvalue weighted by molar-refractivity contribution is 6.31. The average molecular weight is 294 g/mol. The molecule has 0 aliphatic rings. The van der Waals surface area contributed by atoms with E-state index in [9.17, 15) is 0 Å². The second kappa shape index (κ2) is 7.09. The largest absolute Gasteiger partial charge is 0.328 e. The number of imidazole rings is 1. The molecule has 0 saturated heterocycles. The molecule has 0 aliphatic heterocycles. The normalized spacial score (nSPS) is 13.2. The number of hydrogen-bond acceptors (Lipinski definition) is 2. The Morgan fingerprint density at radius 2 is 2.05 bits per heavy atom. The molecule has 1 heterocycles. The van der Waals surface area contributed by atoms with Crippen LogP contribution in [-0.2, 0) is 0 Å². The molecule has 1 aromatic carbocycles. The van der Waals surface area contributed by atoms with Crippen LogP contribution in [0.4, 0.5) is 0 Å². The van der Waals surface area contributed by atoms with Gasteiger partial charge in [-0.1, -0.05) is 25.4 Å². The third kappa shape index (κ3) is 3.53. The number of benzene rings is 1. The lowest BCUT2D eigenvalue weighted by atomic mass is 10.1. The van der Waals surface area contributed by atoms with Gasteiger partial charge in [-0.05, 0) is 57.6 Å². The van der Waals surface area contributed by atoms with Crippen LogP contribution in [0.25, 0.3) is 11.0 Å². The zero-order valence-electron chi connectivity index (χ0n) is 12.6. The number of hydrogen-bond donors (Lipinski definition) is 0. The first-order valence-electron chi connectivity index (χ1n) is 7.50. The minimum Gasteiger partial charge on any atom is -0.328 e. The van der Waals surface area contributed by atoms with Crippen molar-refractivity contribution in [2.75, 3.05) is 19.6 Å². The first-order chi connectivity index (χ1) is 9.65. The van der Waals surface area contributed by atoms with Crippen LogP contribution in [0.1, 0.15) is 39.7 Å². The van der Waals surface area contributed by atoms with Crippen molar-refractivity contribution in [2.45, 2.75) is 39.7 Å². The van der Waals surface area contributed by atoms with Gasteiger partial charge in [-0.25, -0.2) is 4.98 Å². The maximum absolute atomic E-state index is 6.00. The molecule has 2 rings (SSSR count). The molecule has 0 N–H and O–H groups in total. The average Bonchev–Trinajstić information content (AvgIpc) is 2.86. The first-order valence-corrected chi connectivity index (χ1v) is 7.88. The van der Waals surface area contributed by atoms with Crippen molar-refractivity contribution in [2.24, 2.45) is 0 Å². The molecule has 20 heavy (non-hydrogen) atoms. The van der Waals surface area contributed by atoms with Gasteiger partial charge in [0.25, 0.3) is 0 Å². The molecule has 1 atom stereocenters. The fourth-order valence-corrected chi connectivity index (χ4v) is 2.81. The fourth-order valence-electron chi connectivity index (χ4n) is 2.65. The molecule has 0 bridgehead atoms. The van der Waals surface area contributed by atoms with Crippen molar-refractivity contribution in [3.8, 4) is 0 Å². The van der Waals surface area contributed by atoms with Gasteiger partial charge in [-0.3, -0.25) is 0 Å². The van der Waals surface area contributed by atoms with Crippen LogP contribution >= 0.6 is 11.6 Å². The van der Waals surface area contributed by atoms with Gasteiger partial charge in [-0.2, -0.15) is 0 Å². The van der Waals surface area contributed by atoms with Gasteiger partial charge < -0.3 is 9.47 Å². The number of aromatic nitrogens is 2. The van der Waals surface area contributed by atoms with E-state index in [1.54, 1.807) is 0 Å². The predicted octanol–water partition coefficient (Wildman–Crippen LogP) is 4.37. The number of rotatable bonds is 7. The van der Waals surface area contributed by atoms with E-state index in [1.165, 1.54) is 24.9 Å². The summed E-state index contributed by atoms with van der Waals surface area (Å²) in [6.07, 6.45) is 4.32. The summed E-state index contributed by atoms with van der Waals surface area (Å²) in [7, 11) is 0. The molecule has 2 aromatic rings. The Kier molecular flexibility index (Phi) is 5.44. The molecule has 110 valence electrons. The van der Waals surface area contributed by atoms with Crippen LogP contribution in [0.2, 0.25) is 5.02 Å². The van der Waals surface area contributed by atoms with Crippen molar-refractivity contribution in [1.82, 2.24) is 14.5 Å². The zero-order chi connectivity index (χ0) is 14.5. The van der Waals surface area contributed by atoms with E-state index >= 15 is 0 Å². The van der Waals surface area contributed by atoms with Crippen molar-refractivity contribution in [1.29, 1.82) is 0 Å². The summed E-state index contributed by atoms with van der Waals surface area (Å²) in [4.78, 5) is 6.91. The summed E-state index contributed by atoms with van der Waals surface area (Å²) in [6, 6.07) is 6.39. The Balaban J connectivity index is 1.99. The van der Waals surface area contributed by atoms with Gasteiger partial charge in [0.1, 0.15) is 0 Å². The highest BCUT2D eigenvalue weighted by Crippen LogP contribution is 2.23. The van der Waals surface area contributed by atoms with E-state index in [0.717, 1.165) is 23.6 Å². The molecule has 0 saturated carbocycles. The highest BCUT2D eigenvalue weighted by Gasteiger charge is 2.10. The maximum atomic E-state index is 6.00. The van der Waals surface area contributed by atoms with Crippen molar-refractivity contribution in [3.63, 3.8) is 0 Å². The topological polar surface area (TPSA) is 21.1 Å². The third-order valence-corrected chi connectivity index (χ3v) is 4.24. The Hall–Kier alpha value is -1.06. The molecule has 0 fully saturated rings. The second-order valence-electron chi connectivity index (χ2n) is 5.30. The van der Waals surface area contributed by atoms with Gasteiger partial charge in [0.05, 0.1) is 17.4 Å². The lowest BCUT2D eigenvalue weighted by molar-refractivity contribution is 0.289. The maximum Gasteiger partial charge on any atom is 0.0960 e. The van der Waals surface area contributed by atoms with Crippen LogP contribution in [-0.4, -0.2) is 34.1 Å². The van der Waals surface area contributed by atoms with E-state index in [4.69, 9.17) is 11.6 Å². The minimum atomic E-state index is 0.469. The lowest BCUT2D eigenvalue weighted by Gasteiger charge is -2.20. The molecule has 1 unspecified atom stereocenters. The third-order valence-electron chi connectivity index (χ3n) is 4.00. The Bertz CT molecular complexity index is 546. The lowest BCUT2D eigenvalue weighted by Crippen LogP contribution is -2.24. The molecular formula is C16H24ClN3. The smallest absolute Gasteiger partial charge is 0.0960 e. The molecule has 4 heteroatoms. The summed E-state index contributed by atoms with van der Waals surface area (Å²) < 4.78 is 2.26. The fraction of sp³-hybridized carbons (Fsp3) is 0.562. The van der Waals surface area contributed by atoms with E-state index in [-0.39, 0.29) is 0 Å². The van der Waals surface area contributed by atoms with E-state index in [2.05, 4.69) is 41.3 Å². The second-order valence-corrected chi connectivity index (χ2v) is 5.74. The van der Waals surface area contributed by atoms with Gasteiger partial charge in [-0.15, -0.1) is 0 Å². The Labute approximate surface area is 126 Å². The summed E-state index contributed by atoms with van der Waals surface area (Å²) in [5.74, 6) is 0. The quantitative estimate of drug-likeness (QED) is 0.756. The van der Waals surface area contributed by atoms with Crippen LogP contribution in [0, 0.1) is 0 Å². The Morgan fingerprint density at radius 1 is 1.30 bits per heavy atom. The van der Waals surface area contributed by atoms with Crippen LogP contribution in [0.15, 0.2) is 24.5 Å². The molecule has 0 radical (unpaired) electrons. The standard InChI is InChI=1S/C16H24ClN3/c1-4-19(5-2)10-6-7-13(3)20-12-18-15-11-14(17)8-9-16(15)20/h8-9,11-13H,4-7,10H2,1-3H3. The molecule has 0 aliphatic carbocycles. The van der Waals surface area contributed by atoms with Crippen molar-refractivity contribution >= 4 is 22.6 Å². The van der Waals surface area contributed by atoms with Gasteiger partial charge in [0, 0.05) is 11.1 Å². The summed E-state index contributed by atoms with van der Waals surface area (Å²) in [5, 5.41) is 0.747. The monoisotopic (exact) mass is 293 g/mol.